The third-order valence-corrected chi connectivity index (χ3v) is 5.74. The van der Waals surface area contributed by atoms with E-state index < -0.39 is 0 Å². The lowest BCUT2D eigenvalue weighted by atomic mass is 9.92. The Morgan fingerprint density at radius 2 is 2.04 bits per heavy atom. The normalized spacial score (nSPS) is 23.0. The SMILES string of the molecule is COc1ccc(-c2nc(CN3CCC4(CCCO4)CCC3=O)c(C)o2)cc1. The molecule has 1 spiro atoms. The summed E-state index contributed by atoms with van der Waals surface area (Å²) in [7, 11) is 1.64. The van der Waals surface area contributed by atoms with Crippen LogP contribution in [0.15, 0.2) is 28.7 Å². The molecule has 0 N–H and O–H groups in total. The number of aryl methyl sites for hydroxylation is 1. The average molecular weight is 370 g/mol. The first-order chi connectivity index (χ1) is 13.1. The molecule has 1 atom stereocenters. The second-order valence-electron chi connectivity index (χ2n) is 7.45. The fraction of sp³-hybridized carbons (Fsp3) is 0.524. The largest absolute Gasteiger partial charge is 0.497 e. The van der Waals surface area contributed by atoms with Gasteiger partial charge >= 0.3 is 0 Å². The maximum absolute atomic E-state index is 12.6. The second-order valence-corrected chi connectivity index (χ2v) is 7.45. The highest BCUT2D eigenvalue weighted by Gasteiger charge is 2.38. The average Bonchev–Trinajstić information content (AvgIpc) is 3.26. The highest BCUT2D eigenvalue weighted by atomic mass is 16.5. The van der Waals surface area contributed by atoms with Crippen LogP contribution in [0, 0.1) is 6.92 Å². The van der Waals surface area contributed by atoms with Crippen molar-refractivity contribution in [3.8, 4) is 17.2 Å². The molecule has 0 aliphatic carbocycles. The van der Waals surface area contributed by atoms with Crippen LogP contribution in [0.3, 0.4) is 0 Å². The van der Waals surface area contributed by atoms with E-state index in [-0.39, 0.29) is 11.5 Å². The zero-order chi connectivity index (χ0) is 18.9. The third-order valence-electron chi connectivity index (χ3n) is 5.74. The highest BCUT2D eigenvalue weighted by Crippen LogP contribution is 2.36. The molecule has 144 valence electrons. The lowest BCUT2D eigenvalue weighted by molar-refractivity contribution is -0.131. The number of amides is 1. The molecular formula is C21H26N2O4. The van der Waals surface area contributed by atoms with Crippen LogP contribution in [0.1, 0.15) is 43.6 Å². The van der Waals surface area contributed by atoms with E-state index in [1.807, 2.05) is 36.1 Å². The number of hydrogen-bond donors (Lipinski definition) is 0. The maximum atomic E-state index is 12.6. The first-order valence-corrected chi connectivity index (χ1v) is 9.61. The van der Waals surface area contributed by atoms with Gasteiger partial charge in [-0.3, -0.25) is 4.79 Å². The van der Waals surface area contributed by atoms with Crippen LogP contribution in [0.25, 0.3) is 11.5 Å². The summed E-state index contributed by atoms with van der Waals surface area (Å²) in [6.07, 6.45) is 4.45. The summed E-state index contributed by atoms with van der Waals surface area (Å²) in [6, 6.07) is 7.61. The van der Waals surface area contributed by atoms with Gasteiger partial charge in [-0.1, -0.05) is 0 Å². The number of methoxy groups -OCH3 is 1. The Morgan fingerprint density at radius 3 is 2.74 bits per heavy atom. The summed E-state index contributed by atoms with van der Waals surface area (Å²) in [5, 5.41) is 0. The Morgan fingerprint density at radius 1 is 1.22 bits per heavy atom. The minimum atomic E-state index is -0.0858. The van der Waals surface area contributed by atoms with Crippen LogP contribution in [-0.4, -0.2) is 41.7 Å². The number of likely N-dealkylation sites (tertiary alicyclic amines) is 1. The lowest BCUT2D eigenvalue weighted by Crippen LogP contribution is -2.32. The molecule has 2 aliphatic heterocycles. The first-order valence-electron chi connectivity index (χ1n) is 9.61. The number of hydrogen-bond acceptors (Lipinski definition) is 5. The fourth-order valence-corrected chi connectivity index (χ4v) is 4.01. The van der Waals surface area contributed by atoms with Gasteiger partial charge in [0.1, 0.15) is 17.2 Å². The van der Waals surface area contributed by atoms with Gasteiger partial charge in [0, 0.05) is 25.1 Å². The van der Waals surface area contributed by atoms with Crippen molar-refractivity contribution in [3.05, 3.63) is 35.7 Å². The van der Waals surface area contributed by atoms with Gasteiger partial charge in [-0.2, -0.15) is 0 Å². The summed E-state index contributed by atoms with van der Waals surface area (Å²) >= 11 is 0. The van der Waals surface area contributed by atoms with E-state index in [4.69, 9.17) is 13.9 Å². The number of carbonyl (C=O) groups excluding carboxylic acids is 1. The molecule has 6 nitrogen and oxygen atoms in total. The number of carbonyl (C=O) groups is 1. The van der Waals surface area contributed by atoms with Crippen LogP contribution in [0.5, 0.6) is 5.75 Å². The lowest BCUT2D eigenvalue weighted by Gasteiger charge is -2.26. The van der Waals surface area contributed by atoms with Gasteiger partial charge in [0.05, 0.1) is 19.3 Å². The topological polar surface area (TPSA) is 64.8 Å². The van der Waals surface area contributed by atoms with E-state index in [0.29, 0.717) is 25.4 Å². The Balaban J connectivity index is 1.48. The Kier molecular flexibility index (Phi) is 4.91. The number of aromatic nitrogens is 1. The van der Waals surface area contributed by atoms with E-state index in [1.54, 1.807) is 7.11 Å². The van der Waals surface area contributed by atoms with E-state index in [2.05, 4.69) is 4.98 Å². The molecule has 0 radical (unpaired) electrons. The molecule has 1 amide bonds. The van der Waals surface area contributed by atoms with Crippen LogP contribution in [0.4, 0.5) is 0 Å². The first kappa shape index (κ1) is 18.0. The molecule has 4 rings (SSSR count). The minimum absolute atomic E-state index is 0.0858. The molecule has 1 unspecified atom stereocenters. The Hall–Kier alpha value is -2.34. The maximum Gasteiger partial charge on any atom is 0.226 e. The van der Waals surface area contributed by atoms with Crippen molar-refractivity contribution in [1.29, 1.82) is 0 Å². The van der Waals surface area contributed by atoms with Gasteiger partial charge in [0.25, 0.3) is 0 Å². The molecule has 27 heavy (non-hydrogen) atoms. The number of rotatable bonds is 4. The summed E-state index contributed by atoms with van der Waals surface area (Å²) in [6.45, 7) is 3.92. The molecule has 2 aromatic rings. The van der Waals surface area contributed by atoms with Crippen molar-refractivity contribution < 1.29 is 18.7 Å². The third kappa shape index (κ3) is 3.72. The zero-order valence-electron chi connectivity index (χ0n) is 16.0. The van der Waals surface area contributed by atoms with Gasteiger partial charge in [0.2, 0.25) is 11.8 Å². The summed E-state index contributed by atoms with van der Waals surface area (Å²) in [5.41, 5.74) is 1.63. The van der Waals surface area contributed by atoms with Crippen LogP contribution >= 0.6 is 0 Å². The number of ether oxygens (including phenoxy) is 2. The Bertz CT molecular complexity index is 806. The number of oxazole rings is 1. The summed E-state index contributed by atoms with van der Waals surface area (Å²) < 4.78 is 17.0. The van der Waals surface area contributed by atoms with E-state index >= 15 is 0 Å². The zero-order valence-corrected chi connectivity index (χ0v) is 16.0. The minimum Gasteiger partial charge on any atom is -0.497 e. The van der Waals surface area contributed by atoms with Crippen molar-refractivity contribution in [3.63, 3.8) is 0 Å². The van der Waals surface area contributed by atoms with Gasteiger partial charge < -0.3 is 18.8 Å². The van der Waals surface area contributed by atoms with Crippen LogP contribution in [0.2, 0.25) is 0 Å². The predicted molar refractivity (Wildman–Crippen MR) is 100 cm³/mol. The number of nitrogens with zero attached hydrogens (tertiary/aromatic N) is 2. The molecule has 3 heterocycles. The van der Waals surface area contributed by atoms with Gasteiger partial charge in [-0.05, 0) is 56.9 Å². The van der Waals surface area contributed by atoms with Gasteiger partial charge in [0.15, 0.2) is 0 Å². The van der Waals surface area contributed by atoms with Gasteiger partial charge in [-0.25, -0.2) is 4.98 Å². The van der Waals surface area contributed by atoms with Crippen molar-refractivity contribution in [1.82, 2.24) is 9.88 Å². The molecule has 1 aromatic carbocycles. The molecule has 0 saturated carbocycles. The van der Waals surface area contributed by atoms with Crippen LogP contribution < -0.4 is 4.74 Å². The second kappa shape index (κ2) is 7.35. The fourth-order valence-electron chi connectivity index (χ4n) is 4.01. The summed E-state index contributed by atoms with van der Waals surface area (Å²) in [5.74, 6) is 2.30. The molecule has 2 saturated heterocycles. The standard InChI is InChI=1S/C21H26N2O4/c1-15-18(22-20(27-15)16-4-6-17(25-2)7-5-16)14-23-12-11-21(9-3-13-26-21)10-8-19(23)24/h4-7H,3,8-14H2,1-2H3. The quantitative estimate of drug-likeness (QED) is 0.821. The molecular weight excluding hydrogens is 344 g/mol. The highest BCUT2D eigenvalue weighted by molar-refractivity contribution is 5.76. The molecule has 1 aromatic heterocycles. The van der Waals surface area contributed by atoms with Crippen LogP contribution in [-0.2, 0) is 16.1 Å². The number of benzene rings is 1. The Labute approximate surface area is 159 Å². The van der Waals surface area contributed by atoms with Crippen molar-refractivity contribution >= 4 is 5.91 Å². The monoisotopic (exact) mass is 370 g/mol. The molecule has 2 aliphatic rings. The predicted octanol–water partition coefficient (Wildman–Crippen LogP) is 3.72. The van der Waals surface area contributed by atoms with E-state index in [9.17, 15) is 4.79 Å². The summed E-state index contributed by atoms with van der Waals surface area (Å²) in [4.78, 5) is 19.2. The van der Waals surface area contributed by atoms with Crippen molar-refractivity contribution in [2.75, 3.05) is 20.3 Å². The molecule has 2 fully saturated rings. The van der Waals surface area contributed by atoms with E-state index in [0.717, 1.165) is 55.1 Å². The van der Waals surface area contributed by atoms with Crippen molar-refractivity contribution in [2.45, 2.75) is 51.2 Å². The molecule has 0 bridgehead atoms. The van der Waals surface area contributed by atoms with Crippen molar-refractivity contribution in [2.24, 2.45) is 0 Å². The van der Waals surface area contributed by atoms with E-state index in [1.165, 1.54) is 0 Å². The van der Waals surface area contributed by atoms with Gasteiger partial charge in [-0.15, -0.1) is 0 Å². The smallest absolute Gasteiger partial charge is 0.226 e. The molecule has 6 heteroatoms.